The number of aromatic nitrogens is 4. The number of nitrogens with one attached hydrogen (secondary N) is 1. The topological polar surface area (TPSA) is 113 Å². The quantitative estimate of drug-likeness (QED) is 0.571. The minimum atomic E-state index is -5.08. The number of methoxy groups -OCH3 is 1. The maximum absolute atomic E-state index is 12.9. The van der Waals surface area contributed by atoms with E-state index < -0.39 is 12.1 Å². The second-order valence-corrected chi connectivity index (χ2v) is 8.04. The van der Waals surface area contributed by atoms with Gasteiger partial charge in [0.05, 0.1) is 18.5 Å². The van der Waals surface area contributed by atoms with Crippen LogP contribution in [0.3, 0.4) is 0 Å². The van der Waals surface area contributed by atoms with Crippen LogP contribution in [0.15, 0.2) is 36.8 Å². The van der Waals surface area contributed by atoms with Gasteiger partial charge in [0.2, 0.25) is 0 Å². The zero-order valence-corrected chi connectivity index (χ0v) is 19.5. The molecule has 1 fully saturated rings. The first-order valence-electron chi connectivity index (χ1n) is 10.8. The summed E-state index contributed by atoms with van der Waals surface area (Å²) in [5.74, 6) is -0.625. The number of alkyl halides is 3. The molecule has 0 atom stereocenters. The Kier molecular flexibility index (Phi) is 7.82. The molecule has 0 saturated carbocycles. The Bertz CT molecular complexity index is 1160. The van der Waals surface area contributed by atoms with Crippen LogP contribution in [-0.2, 0) is 4.79 Å². The van der Waals surface area contributed by atoms with Crippen molar-refractivity contribution >= 4 is 11.9 Å². The highest BCUT2D eigenvalue weighted by molar-refractivity contribution is 5.92. The number of para-hydroxylation sites is 2. The summed E-state index contributed by atoms with van der Waals surface area (Å²) in [5, 5.41) is 7.12. The summed E-state index contributed by atoms with van der Waals surface area (Å²) in [6.07, 6.45) is 0.161. The molecule has 9 nitrogen and oxygen atoms in total. The molecular weight excluding hydrogens is 467 g/mol. The van der Waals surface area contributed by atoms with E-state index in [1.165, 1.54) is 0 Å². The van der Waals surface area contributed by atoms with Gasteiger partial charge in [-0.2, -0.15) is 13.2 Å². The number of carbonyl (C=O) groups is 2. The molecule has 3 aromatic rings. The first-order chi connectivity index (χ1) is 16.5. The highest BCUT2D eigenvalue weighted by Crippen LogP contribution is 2.28. The molecule has 2 N–H and O–H groups in total. The predicted molar refractivity (Wildman–Crippen MR) is 120 cm³/mol. The summed E-state index contributed by atoms with van der Waals surface area (Å²) >= 11 is 0. The average molecular weight is 493 g/mol. The van der Waals surface area contributed by atoms with Crippen molar-refractivity contribution in [3.63, 3.8) is 0 Å². The number of piperidine rings is 1. The van der Waals surface area contributed by atoms with Crippen LogP contribution in [-0.4, -0.2) is 67.8 Å². The third kappa shape index (κ3) is 6.19. The molecule has 0 spiro atoms. The summed E-state index contributed by atoms with van der Waals surface area (Å²) in [6, 6.07) is 7.67. The molecule has 35 heavy (non-hydrogen) atoms. The number of likely N-dealkylation sites (tertiary alicyclic amines) is 1. The molecule has 1 amide bonds. The van der Waals surface area contributed by atoms with Crippen molar-refractivity contribution in [2.75, 3.05) is 20.2 Å². The van der Waals surface area contributed by atoms with Crippen molar-refractivity contribution in [2.45, 2.75) is 38.8 Å². The molecule has 4 rings (SSSR count). The predicted octanol–water partition coefficient (Wildman–Crippen LogP) is 3.87. The molecule has 1 saturated heterocycles. The van der Waals surface area contributed by atoms with Gasteiger partial charge in [-0.25, -0.2) is 14.8 Å². The Hall–Kier alpha value is -3.83. The average Bonchev–Trinajstić information content (AvgIpc) is 3.45. The molecule has 0 radical (unpaired) electrons. The number of nitrogens with zero attached hydrogens (tertiary/aromatic N) is 4. The van der Waals surface area contributed by atoms with Gasteiger partial charge in [-0.05, 0) is 38.8 Å². The van der Waals surface area contributed by atoms with E-state index in [4.69, 9.17) is 14.6 Å². The van der Waals surface area contributed by atoms with E-state index in [1.54, 1.807) is 19.6 Å². The third-order valence-corrected chi connectivity index (χ3v) is 5.72. The lowest BCUT2D eigenvalue weighted by atomic mass is 9.96. The van der Waals surface area contributed by atoms with E-state index in [0.29, 0.717) is 24.7 Å². The number of halogens is 3. The Balaban J connectivity index is 0.000000429. The Labute approximate surface area is 199 Å². The van der Waals surface area contributed by atoms with Crippen molar-refractivity contribution in [3.05, 3.63) is 59.7 Å². The highest BCUT2D eigenvalue weighted by atomic mass is 19.4. The fourth-order valence-corrected chi connectivity index (χ4v) is 3.69. The number of amides is 1. The van der Waals surface area contributed by atoms with Crippen LogP contribution in [0.25, 0.3) is 5.69 Å². The smallest absolute Gasteiger partial charge is 0.490 e. The summed E-state index contributed by atoms with van der Waals surface area (Å²) in [4.78, 5) is 36.0. The van der Waals surface area contributed by atoms with Crippen LogP contribution < -0.4 is 4.74 Å². The number of carboxylic acid groups (broad SMARTS) is 1. The van der Waals surface area contributed by atoms with Crippen molar-refractivity contribution in [3.8, 4) is 11.4 Å². The molecule has 1 aliphatic rings. The first kappa shape index (κ1) is 25.8. The normalized spacial score (nSPS) is 14.3. The maximum atomic E-state index is 12.9. The standard InChI is InChI=1S/C21H25N5O2.C2HF3O2/c1-14-15(2)24-20(23-14)16-8-10-25(11-9-16)21(27)17-12-26(13-22-17)18-6-4-5-7-19(18)28-3;3-2(4,5)1(6)7/h4-7,12-13,16H,8-11H2,1-3H3,(H,23,24);(H,6,7). The van der Waals surface area contributed by atoms with E-state index >= 15 is 0 Å². The van der Waals surface area contributed by atoms with Gasteiger partial charge >= 0.3 is 12.1 Å². The van der Waals surface area contributed by atoms with E-state index in [0.717, 1.165) is 41.5 Å². The lowest BCUT2D eigenvalue weighted by Gasteiger charge is -2.30. The third-order valence-electron chi connectivity index (χ3n) is 5.72. The summed E-state index contributed by atoms with van der Waals surface area (Å²) in [6.45, 7) is 5.49. The summed E-state index contributed by atoms with van der Waals surface area (Å²) < 4.78 is 39.0. The molecule has 1 aliphatic heterocycles. The van der Waals surface area contributed by atoms with E-state index in [1.807, 2.05) is 47.6 Å². The molecule has 0 unspecified atom stereocenters. The number of carboxylic acids is 1. The number of aromatic amines is 1. The Morgan fingerprint density at radius 1 is 1.17 bits per heavy atom. The molecule has 1 aromatic carbocycles. The van der Waals surface area contributed by atoms with Crippen LogP contribution in [0.4, 0.5) is 13.2 Å². The van der Waals surface area contributed by atoms with Gasteiger partial charge in [-0.1, -0.05) is 12.1 Å². The van der Waals surface area contributed by atoms with Gasteiger partial charge in [0.25, 0.3) is 5.91 Å². The van der Waals surface area contributed by atoms with Crippen LogP contribution in [0.5, 0.6) is 5.75 Å². The number of rotatable bonds is 4. The molecule has 188 valence electrons. The number of carbonyl (C=O) groups excluding carboxylic acids is 1. The van der Waals surface area contributed by atoms with Crippen LogP contribution in [0, 0.1) is 13.8 Å². The molecule has 0 aliphatic carbocycles. The molecule has 3 heterocycles. The maximum Gasteiger partial charge on any atom is 0.490 e. The molecule has 2 aromatic heterocycles. The number of ether oxygens (including phenoxy) is 1. The number of hydrogen-bond donors (Lipinski definition) is 2. The zero-order valence-electron chi connectivity index (χ0n) is 19.5. The molecule has 0 bridgehead atoms. The van der Waals surface area contributed by atoms with E-state index in [2.05, 4.69) is 15.0 Å². The summed E-state index contributed by atoms with van der Waals surface area (Å²) in [7, 11) is 1.63. The number of hydrogen-bond acceptors (Lipinski definition) is 5. The monoisotopic (exact) mass is 493 g/mol. The lowest BCUT2D eigenvalue weighted by molar-refractivity contribution is -0.192. The van der Waals surface area contributed by atoms with Crippen LogP contribution >= 0.6 is 0 Å². The zero-order chi connectivity index (χ0) is 25.8. The number of H-pyrrole nitrogens is 1. The van der Waals surface area contributed by atoms with Gasteiger partial charge in [0.1, 0.15) is 23.6 Å². The highest BCUT2D eigenvalue weighted by Gasteiger charge is 2.38. The first-order valence-corrected chi connectivity index (χ1v) is 10.8. The van der Waals surface area contributed by atoms with Gasteiger partial charge < -0.3 is 24.3 Å². The van der Waals surface area contributed by atoms with Gasteiger partial charge in [-0.15, -0.1) is 0 Å². The van der Waals surface area contributed by atoms with Crippen molar-refractivity contribution in [1.82, 2.24) is 24.4 Å². The molecular formula is C23H26F3N5O4. The van der Waals surface area contributed by atoms with Gasteiger partial charge in [0.15, 0.2) is 0 Å². The van der Waals surface area contributed by atoms with Crippen molar-refractivity contribution < 1.29 is 32.6 Å². The van der Waals surface area contributed by atoms with Crippen LogP contribution in [0.2, 0.25) is 0 Å². The lowest BCUT2D eigenvalue weighted by Crippen LogP contribution is -2.38. The fourth-order valence-electron chi connectivity index (χ4n) is 3.69. The number of aliphatic carboxylic acids is 1. The SMILES string of the molecule is COc1ccccc1-n1cnc(C(=O)N2CCC(c3nc(C)c(C)[nH]3)CC2)c1.O=C(O)C(F)(F)F. The Morgan fingerprint density at radius 2 is 1.80 bits per heavy atom. The minimum Gasteiger partial charge on any atom is -0.495 e. The number of benzene rings is 1. The van der Waals surface area contributed by atoms with Crippen LogP contribution in [0.1, 0.15) is 46.5 Å². The second-order valence-electron chi connectivity index (χ2n) is 8.04. The second kappa shape index (κ2) is 10.6. The molecule has 12 heteroatoms. The van der Waals surface area contributed by atoms with Crippen molar-refractivity contribution in [1.29, 1.82) is 0 Å². The van der Waals surface area contributed by atoms with Crippen molar-refractivity contribution in [2.24, 2.45) is 0 Å². The summed E-state index contributed by atoms with van der Waals surface area (Å²) in [5.41, 5.74) is 3.48. The largest absolute Gasteiger partial charge is 0.495 e. The van der Waals surface area contributed by atoms with E-state index in [9.17, 15) is 18.0 Å². The Morgan fingerprint density at radius 3 is 2.34 bits per heavy atom. The minimum absolute atomic E-state index is 0.0288. The fraction of sp³-hybridized carbons (Fsp3) is 0.391. The number of imidazole rings is 2. The van der Waals surface area contributed by atoms with Gasteiger partial charge in [0, 0.05) is 30.9 Å². The van der Waals surface area contributed by atoms with E-state index in [-0.39, 0.29) is 5.91 Å². The van der Waals surface area contributed by atoms with Gasteiger partial charge in [-0.3, -0.25) is 4.79 Å². The number of aryl methyl sites for hydroxylation is 2.